The summed E-state index contributed by atoms with van der Waals surface area (Å²) < 4.78 is 39.1. The van der Waals surface area contributed by atoms with Crippen LogP contribution in [-0.4, -0.2) is 28.5 Å². The summed E-state index contributed by atoms with van der Waals surface area (Å²) in [6, 6.07) is 17.9. The van der Waals surface area contributed by atoms with E-state index in [2.05, 4.69) is 32.6 Å². The van der Waals surface area contributed by atoms with Gasteiger partial charge in [0.2, 0.25) is 0 Å². The van der Waals surface area contributed by atoms with E-state index in [-0.39, 0.29) is 16.5 Å². The molecule has 0 fully saturated rings. The second-order valence-electron chi connectivity index (χ2n) is 6.13. The van der Waals surface area contributed by atoms with Crippen molar-refractivity contribution in [2.45, 2.75) is 4.90 Å². The molecule has 0 aliphatic heterocycles. The van der Waals surface area contributed by atoms with Crippen LogP contribution < -0.4 is 19.5 Å². The van der Waals surface area contributed by atoms with E-state index in [1.54, 1.807) is 30.3 Å². The van der Waals surface area contributed by atoms with Gasteiger partial charge in [0.15, 0.2) is 0 Å². The minimum absolute atomic E-state index is 0.0488. The highest BCUT2D eigenvalue weighted by molar-refractivity contribution is 14.1. The van der Waals surface area contributed by atoms with Crippen molar-refractivity contribution in [1.82, 2.24) is 0 Å². The average molecular weight is 538 g/mol. The van der Waals surface area contributed by atoms with Crippen LogP contribution >= 0.6 is 22.6 Å². The Hall–Kier alpha value is -2.79. The van der Waals surface area contributed by atoms with Crippen molar-refractivity contribution >= 4 is 49.9 Å². The van der Waals surface area contributed by atoms with E-state index in [9.17, 15) is 13.2 Å². The largest absolute Gasteiger partial charge is 0.497 e. The molecule has 0 spiro atoms. The van der Waals surface area contributed by atoms with Gasteiger partial charge < -0.3 is 14.8 Å². The number of ether oxygens (including phenoxy) is 2. The van der Waals surface area contributed by atoms with Crippen LogP contribution in [0.3, 0.4) is 0 Å². The molecule has 3 aromatic rings. The molecular formula is C21H19IN2O5S. The molecule has 0 aliphatic rings. The molecule has 0 atom stereocenters. The Bertz CT molecular complexity index is 1160. The van der Waals surface area contributed by atoms with Crippen LogP contribution in [-0.2, 0) is 10.0 Å². The number of carbonyl (C=O) groups excluding carboxylic acids is 1. The molecule has 3 rings (SSSR count). The SMILES string of the molecule is COc1ccc(NS(=O)(=O)c2ccc(NC(=O)c3ccccc3I)cc2)c(OC)c1. The standard InChI is InChI=1S/C21H19IN2O5S/c1-28-15-9-12-19(20(13-15)29-2)24-30(26,27)16-10-7-14(8-11-16)23-21(25)17-5-3-4-6-18(17)22/h3-13,24H,1-2H3,(H,23,25). The Balaban J connectivity index is 1.77. The summed E-state index contributed by atoms with van der Waals surface area (Å²) in [5.41, 5.74) is 1.32. The van der Waals surface area contributed by atoms with Gasteiger partial charge in [-0.2, -0.15) is 0 Å². The highest BCUT2D eigenvalue weighted by atomic mass is 127. The molecule has 0 saturated heterocycles. The molecule has 0 aromatic heterocycles. The lowest BCUT2D eigenvalue weighted by Crippen LogP contribution is -2.15. The molecule has 0 bridgehead atoms. The van der Waals surface area contributed by atoms with Gasteiger partial charge in [-0.05, 0) is 71.1 Å². The third-order valence-corrected chi connectivity index (χ3v) is 6.52. The van der Waals surface area contributed by atoms with E-state index >= 15 is 0 Å². The van der Waals surface area contributed by atoms with Crippen LogP contribution in [0.5, 0.6) is 11.5 Å². The number of nitrogens with one attached hydrogen (secondary N) is 2. The number of sulfonamides is 1. The molecule has 7 nitrogen and oxygen atoms in total. The number of rotatable bonds is 7. The minimum Gasteiger partial charge on any atom is -0.497 e. The lowest BCUT2D eigenvalue weighted by molar-refractivity contribution is 0.102. The van der Waals surface area contributed by atoms with Crippen LogP contribution in [0.25, 0.3) is 0 Å². The van der Waals surface area contributed by atoms with Gasteiger partial charge >= 0.3 is 0 Å². The fraction of sp³-hybridized carbons (Fsp3) is 0.0952. The highest BCUT2D eigenvalue weighted by Gasteiger charge is 2.17. The first-order valence-corrected chi connectivity index (χ1v) is 11.3. The van der Waals surface area contributed by atoms with Crippen molar-refractivity contribution in [1.29, 1.82) is 0 Å². The summed E-state index contributed by atoms with van der Waals surface area (Å²) in [5, 5.41) is 2.77. The Morgan fingerprint density at radius 1 is 0.933 bits per heavy atom. The minimum atomic E-state index is -3.85. The normalized spacial score (nSPS) is 10.9. The zero-order valence-corrected chi connectivity index (χ0v) is 19.2. The van der Waals surface area contributed by atoms with Gasteiger partial charge in [-0.15, -0.1) is 0 Å². The van der Waals surface area contributed by atoms with Gasteiger partial charge in [-0.3, -0.25) is 9.52 Å². The molecule has 9 heteroatoms. The Morgan fingerprint density at radius 3 is 2.27 bits per heavy atom. The zero-order valence-electron chi connectivity index (χ0n) is 16.2. The number of anilines is 2. The third-order valence-electron chi connectivity index (χ3n) is 4.19. The summed E-state index contributed by atoms with van der Waals surface area (Å²) in [4.78, 5) is 12.5. The molecule has 0 saturated carbocycles. The van der Waals surface area contributed by atoms with Gasteiger partial charge in [0, 0.05) is 15.3 Å². The first kappa shape index (κ1) is 21.9. The quantitative estimate of drug-likeness (QED) is 0.436. The molecule has 156 valence electrons. The van der Waals surface area contributed by atoms with Gasteiger partial charge in [0.05, 0.1) is 30.4 Å². The van der Waals surface area contributed by atoms with E-state index < -0.39 is 10.0 Å². The number of benzene rings is 3. The van der Waals surface area contributed by atoms with Gasteiger partial charge in [-0.1, -0.05) is 12.1 Å². The fourth-order valence-corrected chi connectivity index (χ4v) is 4.35. The van der Waals surface area contributed by atoms with Crippen molar-refractivity contribution in [2.24, 2.45) is 0 Å². The third kappa shape index (κ3) is 5.03. The highest BCUT2D eigenvalue weighted by Crippen LogP contribution is 2.31. The van der Waals surface area contributed by atoms with E-state index in [0.717, 1.165) is 3.57 Å². The van der Waals surface area contributed by atoms with Crippen LogP contribution in [0, 0.1) is 3.57 Å². The van der Waals surface area contributed by atoms with E-state index in [1.165, 1.54) is 38.5 Å². The van der Waals surface area contributed by atoms with Crippen LogP contribution in [0.2, 0.25) is 0 Å². The van der Waals surface area contributed by atoms with Gasteiger partial charge in [0.25, 0.3) is 15.9 Å². The predicted molar refractivity (Wildman–Crippen MR) is 124 cm³/mol. The molecule has 0 radical (unpaired) electrons. The summed E-state index contributed by atoms with van der Waals surface area (Å²) in [7, 11) is -0.900. The first-order chi connectivity index (χ1) is 14.3. The number of hydrogen-bond acceptors (Lipinski definition) is 5. The van der Waals surface area contributed by atoms with Crippen molar-refractivity contribution < 1.29 is 22.7 Å². The van der Waals surface area contributed by atoms with Crippen LogP contribution in [0.1, 0.15) is 10.4 Å². The Kier molecular flexibility index (Phi) is 6.83. The van der Waals surface area contributed by atoms with Crippen LogP contribution in [0.15, 0.2) is 71.6 Å². The second kappa shape index (κ2) is 9.35. The van der Waals surface area contributed by atoms with Gasteiger partial charge in [-0.25, -0.2) is 8.42 Å². The molecule has 2 N–H and O–H groups in total. The number of methoxy groups -OCH3 is 2. The topological polar surface area (TPSA) is 93.7 Å². The van der Waals surface area contributed by atoms with E-state index in [4.69, 9.17) is 9.47 Å². The summed E-state index contributed by atoms with van der Waals surface area (Å²) in [6.45, 7) is 0. The summed E-state index contributed by atoms with van der Waals surface area (Å²) >= 11 is 2.09. The predicted octanol–water partition coefficient (Wildman–Crippen LogP) is 4.36. The molecule has 1 amide bonds. The van der Waals surface area contributed by atoms with Crippen molar-refractivity contribution in [2.75, 3.05) is 24.3 Å². The first-order valence-electron chi connectivity index (χ1n) is 8.75. The van der Waals surface area contributed by atoms with Crippen LogP contribution in [0.4, 0.5) is 11.4 Å². The Labute approximate surface area is 188 Å². The monoisotopic (exact) mass is 538 g/mol. The number of halogens is 1. The van der Waals surface area contributed by atoms with E-state index in [1.807, 2.05) is 12.1 Å². The summed E-state index contributed by atoms with van der Waals surface area (Å²) in [6.07, 6.45) is 0. The van der Waals surface area contributed by atoms with Gasteiger partial charge in [0.1, 0.15) is 11.5 Å². The summed E-state index contributed by atoms with van der Waals surface area (Å²) in [5.74, 6) is 0.610. The molecule has 0 aliphatic carbocycles. The number of hydrogen-bond donors (Lipinski definition) is 2. The lowest BCUT2D eigenvalue weighted by atomic mass is 10.2. The maximum Gasteiger partial charge on any atom is 0.262 e. The maximum absolute atomic E-state index is 12.7. The number of amides is 1. The van der Waals surface area contributed by atoms with Crippen molar-refractivity contribution in [3.8, 4) is 11.5 Å². The molecule has 0 unspecified atom stereocenters. The van der Waals surface area contributed by atoms with Crippen molar-refractivity contribution in [3.63, 3.8) is 0 Å². The molecule has 3 aromatic carbocycles. The molecular weight excluding hydrogens is 519 g/mol. The molecule has 0 heterocycles. The van der Waals surface area contributed by atoms with Crippen molar-refractivity contribution in [3.05, 3.63) is 75.9 Å². The molecule has 30 heavy (non-hydrogen) atoms. The fourth-order valence-electron chi connectivity index (χ4n) is 2.65. The number of carbonyl (C=O) groups is 1. The smallest absolute Gasteiger partial charge is 0.262 e. The lowest BCUT2D eigenvalue weighted by Gasteiger charge is -2.13. The van der Waals surface area contributed by atoms with E-state index in [0.29, 0.717) is 22.7 Å². The second-order valence-corrected chi connectivity index (χ2v) is 8.97. The zero-order chi connectivity index (χ0) is 21.7. The maximum atomic E-state index is 12.7. The average Bonchev–Trinajstić information content (AvgIpc) is 2.74. The Morgan fingerprint density at radius 2 is 1.63 bits per heavy atom.